The highest BCUT2D eigenvalue weighted by molar-refractivity contribution is 5.27. The van der Waals surface area contributed by atoms with Crippen molar-refractivity contribution in [2.45, 2.75) is 12.3 Å². The molecular weight excluding hydrogens is 200 g/mol. The number of hydrogen-bond acceptors (Lipinski definition) is 4. The summed E-state index contributed by atoms with van der Waals surface area (Å²) in [6, 6.07) is 8.50. The lowest BCUT2D eigenvalue weighted by Crippen LogP contribution is -2.31. The molecule has 0 fully saturated rings. The number of rotatable bonds is 6. The summed E-state index contributed by atoms with van der Waals surface area (Å²) < 4.78 is 0. The van der Waals surface area contributed by atoms with Crippen molar-refractivity contribution in [1.29, 1.82) is 0 Å². The lowest BCUT2D eigenvalue weighted by molar-refractivity contribution is 0.505. The van der Waals surface area contributed by atoms with E-state index in [1.807, 2.05) is 28.2 Å². The molecule has 0 heterocycles. The Balaban J connectivity index is 2.93. The van der Waals surface area contributed by atoms with Crippen molar-refractivity contribution in [3.8, 4) is 0 Å². The molecule has 0 radical (unpaired) electrons. The average Bonchev–Trinajstić information content (AvgIpc) is 2.33. The maximum absolute atomic E-state index is 3.22. The predicted molar refractivity (Wildman–Crippen MR) is 68.2 cm³/mol. The zero-order valence-corrected chi connectivity index (χ0v) is 10.5. The van der Waals surface area contributed by atoms with Crippen LogP contribution in [0.1, 0.15) is 23.5 Å². The maximum atomic E-state index is 3.22. The second-order valence-electron chi connectivity index (χ2n) is 3.69. The van der Waals surface area contributed by atoms with E-state index in [0.29, 0.717) is 0 Å². The van der Waals surface area contributed by atoms with Gasteiger partial charge in [-0.2, -0.15) is 0 Å². The van der Waals surface area contributed by atoms with E-state index in [4.69, 9.17) is 0 Å². The van der Waals surface area contributed by atoms with Gasteiger partial charge in [0.25, 0.3) is 0 Å². The largest absolute Gasteiger partial charge is 0.301 e. The number of hydrogen-bond donors (Lipinski definition) is 4. The molecule has 16 heavy (non-hydrogen) atoms. The molecule has 90 valence electrons. The van der Waals surface area contributed by atoms with Crippen molar-refractivity contribution >= 4 is 0 Å². The topological polar surface area (TPSA) is 48.1 Å². The fraction of sp³-hybridized carbons (Fsp3) is 0.500. The Morgan fingerprint density at radius 3 is 1.44 bits per heavy atom. The first-order valence-electron chi connectivity index (χ1n) is 5.55. The molecule has 0 aliphatic heterocycles. The Kier molecular flexibility index (Phi) is 5.42. The van der Waals surface area contributed by atoms with Gasteiger partial charge in [0, 0.05) is 0 Å². The quantitative estimate of drug-likeness (QED) is 0.531. The van der Waals surface area contributed by atoms with Gasteiger partial charge in [0.2, 0.25) is 0 Å². The summed E-state index contributed by atoms with van der Waals surface area (Å²) in [6.45, 7) is 0. The minimum absolute atomic E-state index is 0.189. The number of nitrogens with one attached hydrogen (secondary N) is 4. The summed E-state index contributed by atoms with van der Waals surface area (Å²) in [4.78, 5) is 0. The second-order valence-corrected chi connectivity index (χ2v) is 3.69. The molecule has 4 N–H and O–H groups in total. The van der Waals surface area contributed by atoms with Crippen LogP contribution in [0, 0.1) is 0 Å². The molecule has 0 aliphatic rings. The second kappa shape index (κ2) is 6.60. The first kappa shape index (κ1) is 13.1. The van der Waals surface area contributed by atoms with Crippen LogP contribution in [0.4, 0.5) is 0 Å². The third kappa shape index (κ3) is 3.02. The molecule has 0 aliphatic carbocycles. The average molecular weight is 222 g/mol. The summed E-state index contributed by atoms with van der Waals surface area (Å²) >= 11 is 0. The van der Waals surface area contributed by atoms with Crippen molar-refractivity contribution < 1.29 is 0 Å². The molecule has 0 bridgehead atoms. The molecule has 0 atom stereocenters. The third-order valence-electron chi connectivity index (χ3n) is 2.73. The van der Waals surface area contributed by atoms with Crippen LogP contribution in [0.5, 0.6) is 0 Å². The lowest BCUT2D eigenvalue weighted by atomic mass is 10.1. The van der Waals surface area contributed by atoms with Gasteiger partial charge >= 0.3 is 0 Å². The van der Waals surface area contributed by atoms with E-state index in [1.165, 1.54) is 11.1 Å². The van der Waals surface area contributed by atoms with Crippen molar-refractivity contribution in [1.82, 2.24) is 21.3 Å². The third-order valence-corrected chi connectivity index (χ3v) is 2.73. The van der Waals surface area contributed by atoms with Gasteiger partial charge in [-0.25, -0.2) is 0 Å². The molecule has 4 heteroatoms. The van der Waals surface area contributed by atoms with Gasteiger partial charge in [0.05, 0.1) is 12.3 Å². The molecule has 0 spiro atoms. The van der Waals surface area contributed by atoms with Gasteiger partial charge in [-0.15, -0.1) is 0 Å². The zero-order chi connectivity index (χ0) is 12.0. The van der Waals surface area contributed by atoms with Crippen molar-refractivity contribution in [3.63, 3.8) is 0 Å². The molecule has 1 aromatic carbocycles. The van der Waals surface area contributed by atoms with Crippen molar-refractivity contribution in [2.24, 2.45) is 0 Å². The molecule has 0 saturated heterocycles. The molecular formula is C12H22N4. The highest BCUT2D eigenvalue weighted by Crippen LogP contribution is 2.15. The summed E-state index contributed by atoms with van der Waals surface area (Å²) in [5.74, 6) is 0. The first-order chi connectivity index (χ1) is 7.76. The van der Waals surface area contributed by atoms with Crippen molar-refractivity contribution in [3.05, 3.63) is 35.4 Å². The molecule has 0 unspecified atom stereocenters. The molecule has 4 nitrogen and oxygen atoms in total. The van der Waals surface area contributed by atoms with Crippen LogP contribution < -0.4 is 21.3 Å². The standard InChI is InChI=1S/C12H22N4/c1-13-11(14-2)9-6-5-7-10(8-9)12(15-3)16-4/h5-8,11-16H,1-4H3. The van der Waals surface area contributed by atoms with Crippen LogP contribution in [-0.4, -0.2) is 28.2 Å². The summed E-state index contributed by atoms with van der Waals surface area (Å²) in [5, 5.41) is 12.9. The maximum Gasteiger partial charge on any atom is 0.0830 e. The van der Waals surface area contributed by atoms with E-state index in [0.717, 1.165) is 0 Å². The SMILES string of the molecule is CNC(NC)c1cccc(C(NC)NC)c1. The van der Waals surface area contributed by atoms with Crippen LogP contribution in [0.2, 0.25) is 0 Å². The van der Waals surface area contributed by atoms with Crippen LogP contribution in [0.3, 0.4) is 0 Å². The first-order valence-corrected chi connectivity index (χ1v) is 5.55. The van der Waals surface area contributed by atoms with Crippen LogP contribution in [0.25, 0.3) is 0 Å². The van der Waals surface area contributed by atoms with Gasteiger partial charge in [0.15, 0.2) is 0 Å². The van der Waals surface area contributed by atoms with Crippen molar-refractivity contribution in [2.75, 3.05) is 28.2 Å². The fourth-order valence-electron chi connectivity index (χ4n) is 1.87. The monoisotopic (exact) mass is 222 g/mol. The van der Waals surface area contributed by atoms with Crippen LogP contribution in [-0.2, 0) is 0 Å². The van der Waals surface area contributed by atoms with E-state index >= 15 is 0 Å². The van der Waals surface area contributed by atoms with E-state index in [-0.39, 0.29) is 12.3 Å². The highest BCUT2D eigenvalue weighted by atomic mass is 15.1. The molecule has 1 rings (SSSR count). The molecule has 0 amide bonds. The Morgan fingerprint density at radius 2 is 1.12 bits per heavy atom. The molecule has 0 saturated carbocycles. The van der Waals surface area contributed by atoms with E-state index in [9.17, 15) is 0 Å². The highest BCUT2D eigenvalue weighted by Gasteiger charge is 2.10. The summed E-state index contributed by atoms with van der Waals surface area (Å²) in [7, 11) is 7.78. The van der Waals surface area contributed by atoms with E-state index in [1.54, 1.807) is 0 Å². The van der Waals surface area contributed by atoms with Gasteiger partial charge in [-0.05, 0) is 45.4 Å². The van der Waals surface area contributed by atoms with Gasteiger partial charge < -0.3 is 21.3 Å². The Hall–Kier alpha value is -0.940. The smallest absolute Gasteiger partial charge is 0.0830 e. The van der Waals surface area contributed by atoms with Gasteiger partial charge in [-0.1, -0.05) is 18.2 Å². The van der Waals surface area contributed by atoms with Crippen LogP contribution in [0.15, 0.2) is 24.3 Å². The molecule has 0 aromatic heterocycles. The number of benzene rings is 1. The Labute approximate surface area is 97.8 Å². The van der Waals surface area contributed by atoms with Gasteiger partial charge in [0.1, 0.15) is 0 Å². The van der Waals surface area contributed by atoms with E-state index in [2.05, 4.69) is 45.5 Å². The van der Waals surface area contributed by atoms with Gasteiger partial charge in [-0.3, -0.25) is 0 Å². The molecule has 1 aromatic rings. The summed E-state index contributed by atoms with van der Waals surface area (Å²) in [6.07, 6.45) is 0.378. The lowest BCUT2D eigenvalue weighted by Gasteiger charge is -2.20. The Bertz CT molecular complexity index is 278. The van der Waals surface area contributed by atoms with Crippen LogP contribution >= 0.6 is 0 Å². The zero-order valence-electron chi connectivity index (χ0n) is 10.5. The Morgan fingerprint density at radius 1 is 0.750 bits per heavy atom. The van der Waals surface area contributed by atoms with E-state index < -0.39 is 0 Å². The summed E-state index contributed by atoms with van der Waals surface area (Å²) in [5.41, 5.74) is 2.47. The predicted octanol–water partition coefficient (Wildman–Crippen LogP) is 0.561. The fourth-order valence-corrected chi connectivity index (χ4v) is 1.87. The minimum atomic E-state index is 0.189. The minimum Gasteiger partial charge on any atom is -0.301 e. The normalized spacial score (nSPS) is 11.4.